The maximum absolute atomic E-state index is 12.5. The summed E-state index contributed by atoms with van der Waals surface area (Å²) in [4.78, 5) is 34.1. The van der Waals surface area contributed by atoms with E-state index in [1.807, 2.05) is 26.8 Å². The highest BCUT2D eigenvalue weighted by Gasteiger charge is 2.25. The third kappa shape index (κ3) is 12.1. The second-order valence-electron chi connectivity index (χ2n) is 9.31. The van der Waals surface area contributed by atoms with Crippen LogP contribution < -0.4 is 5.32 Å². The van der Waals surface area contributed by atoms with Crippen LogP contribution in [0.4, 0.5) is 5.69 Å². The topological polar surface area (TPSA) is 144 Å². The molecule has 0 radical (unpaired) electrons. The molecule has 0 heterocycles. The summed E-state index contributed by atoms with van der Waals surface area (Å²) in [5.41, 5.74) is 1.06. The van der Waals surface area contributed by atoms with Crippen molar-refractivity contribution in [3.8, 4) is 0 Å². The van der Waals surface area contributed by atoms with Crippen LogP contribution in [0.3, 0.4) is 0 Å². The molecule has 8 nitrogen and oxygen atoms in total. The Labute approximate surface area is 213 Å². The van der Waals surface area contributed by atoms with Crippen molar-refractivity contribution in [1.29, 1.82) is 0 Å². The number of carboxylic acid groups (broad SMARTS) is 1. The second kappa shape index (κ2) is 15.8. The van der Waals surface area contributed by atoms with Crippen molar-refractivity contribution in [2.75, 3.05) is 5.32 Å². The molecule has 1 rings (SSSR count). The number of carboxylic acids is 1. The van der Waals surface area contributed by atoms with Crippen molar-refractivity contribution in [2.24, 2.45) is 17.8 Å². The first-order valence-electron chi connectivity index (χ1n) is 12.1. The van der Waals surface area contributed by atoms with E-state index in [2.05, 4.69) is 5.32 Å². The van der Waals surface area contributed by atoms with E-state index < -0.39 is 24.3 Å². The van der Waals surface area contributed by atoms with Crippen molar-refractivity contribution in [2.45, 2.75) is 65.3 Å². The van der Waals surface area contributed by atoms with Gasteiger partial charge in [-0.25, -0.2) is 0 Å². The fraction of sp³-hybridized carbons (Fsp3) is 0.464. The van der Waals surface area contributed by atoms with Gasteiger partial charge in [0.2, 0.25) is 5.91 Å². The SMILES string of the molecule is CC(=O)Nc1ccc(C(=O)CC(O)C(C)CC(C)C(O)C(C)C=CC=CC=CC(O)CC(=O)O)cc1. The summed E-state index contributed by atoms with van der Waals surface area (Å²) in [6, 6.07) is 6.53. The molecule has 1 aromatic rings. The normalized spacial score (nSPS) is 17.1. The van der Waals surface area contributed by atoms with Gasteiger partial charge in [-0.2, -0.15) is 0 Å². The van der Waals surface area contributed by atoms with Gasteiger partial charge in [-0.3, -0.25) is 14.4 Å². The zero-order valence-electron chi connectivity index (χ0n) is 21.4. The van der Waals surface area contributed by atoms with E-state index in [9.17, 15) is 29.7 Å². The number of rotatable bonds is 15. The molecule has 0 aromatic heterocycles. The van der Waals surface area contributed by atoms with E-state index >= 15 is 0 Å². The molecule has 198 valence electrons. The van der Waals surface area contributed by atoms with Crippen molar-refractivity contribution in [3.05, 3.63) is 66.3 Å². The standard InChI is InChI=1S/C28H39NO7/c1-18(9-7-5-6-8-10-24(31)16-27(34)35)28(36)20(3)15-19(2)25(32)17-26(33)22-11-13-23(14-12-22)29-21(4)30/h5-14,18-20,24-25,28,31-32,36H,15-17H2,1-4H3,(H,29,30)(H,34,35). The minimum atomic E-state index is -1.07. The van der Waals surface area contributed by atoms with E-state index in [0.29, 0.717) is 17.7 Å². The zero-order valence-corrected chi connectivity index (χ0v) is 21.4. The van der Waals surface area contributed by atoms with Gasteiger partial charge >= 0.3 is 5.97 Å². The first-order valence-corrected chi connectivity index (χ1v) is 12.1. The van der Waals surface area contributed by atoms with Crippen LogP contribution in [0.1, 0.15) is 57.3 Å². The van der Waals surface area contributed by atoms with Gasteiger partial charge in [0.25, 0.3) is 0 Å². The molecule has 0 spiro atoms. The number of hydrogen-bond donors (Lipinski definition) is 5. The molecule has 0 bridgehead atoms. The molecule has 0 aliphatic heterocycles. The van der Waals surface area contributed by atoms with Crippen LogP contribution in [-0.4, -0.2) is 56.4 Å². The molecule has 1 aromatic carbocycles. The van der Waals surface area contributed by atoms with Gasteiger partial charge in [0, 0.05) is 30.5 Å². The Morgan fingerprint density at radius 3 is 2.00 bits per heavy atom. The zero-order chi connectivity index (χ0) is 27.3. The Balaban J connectivity index is 2.52. The van der Waals surface area contributed by atoms with Crippen LogP contribution in [0, 0.1) is 17.8 Å². The van der Waals surface area contributed by atoms with Gasteiger partial charge in [0.15, 0.2) is 5.78 Å². The van der Waals surface area contributed by atoms with E-state index in [1.54, 1.807) is 48.6 Å². The molecule has 0 saturated heterocycles. The first kappa shape index (κ1) is 31.0. The first-order chi connectivity index (χ1) is 16.9. The number of benzene rings is 1. The molecular weight excluding hydrogens is 462 g/mol. The molecule has 0 saturated carbocycles. The summed E-state index contributed by atoms with van der Waals surface area (Å²) in [6.45, 7) is 7.05. The van der Waals surface area contributed by atoms with Crippen LogP contribution in [0.15, 0.2) is 60.7 Å². The number of aliphatic carboxylic acids is 1. The number of allylic oxidation sites excluding steroid dienone is 4. The fourth-order valence-electron chi connectivity index (χ4n) is 3.77. The van der Waals surface area contributed by atoms with Crippen LogP contribution in [-0.2, 0) is 9.59 Å². The lowest BCUT2D eigenvalue weighted by atomic mass is 9.83. The molecular formula is C28H39NO7. The van der Waals surface area contributed by atoms with E-state index in [0.717, 1.165) is 0 Å². The lowest BCUT2D eigenvalue weighted by molar-refractivity contribution is -0.138. The predicted octanol–water partition coefficient (Wildman–Crippen LogP) is 3.74. The summed E-state index contributed by atoms with van der Waals surface area (Å²) in [6.07, 6.45) is 7.56. The van der Waals surface area contributed by atoms with Crippen LogP contribution in [0.2, 0.25) is 0 Å². The lowest BCUT2D eigenvalue weighted by Crippen LogP contribution is -2.30. The fourth-order valence-corrected chi connectivity index (χ4v) is 3.77. The van der Waals surface area contributed by atoms with Gasteiger partial charge < -0.3 is 25.7 Å². The third-order valence-electron chi connectivity index (χ3n) is 5.91. The molecule has 1 amide bonds. The Morgan fingerprint density at radius 1 is 0.861 bits per heavy atom. The van der Waals surface area contributed by atoms with Crippen molar-refractivity contribution in [1.82, 2.24) is 0 Å². The smallest absolute Gasteiger partial charge is 0.306 e. The average molecular weight is 502 g/mol. The van der Waals surface area contributed by atoms with Crippen LogP contribution >= 0.6 is 0 Å². The number of nitrogens with one attached hydrogen (secondary N) is 1. The predicted molar refractivity (Wildman–Crippen MR) is 139 cm³/mol. The number of hydrogen-bond acceptors (Lipinski definition) is 6. The molecule has 36 heavy (non-hydrogen) atoms. The molecule has 6 atom stereocenters. The summed E-state index contributed by atoms with van der Waals surface area (Å²) >= 11 is 0. The minimum Gasteiger partial charge on any atom is -0.481 e. The summed E-state index contributed by atoms with van der Waals surface area (Å²) in [5, 5.41) is 41.9. The van der Waals surface area contributed by atoms with Crippen LogP contribution in [0.5, 0.6) is 0 Å². The lowest BCUT2D eigenvalue weighted by Gasteiger charge is -2.27. The van der Waals surface area contributed by atoms with E-state index in [1.165, 1.54) is 13.0 Å². The average Bonchev–Trinajstić information content (AvgIpc) is 2.79. The Morgan fingerprint density at radius 2 is 1.44 bits per heavy atom. The third-order valence-corrected chi connectivity index (χ3v) is 5.91. The van der Waals surface area contributed by atoms with Crippen molar-refractivity contribution >= 4 is 23.3 Å². The number of aliphatic hydroxyl groups is 3. The monoisotopic (exact) mass is 501 g/mol. The number of amides is 1. The van der Waals surface area contributed by atoms with E-state index in [-0.39, 0.29) is 42.3 Å². The number of anilines is 1. The number of ketones is 1. The highest BCUT2D eigenvalue weighted by molar-refractivity contribution is 5.97. The van der Waals surface area contributed by atoms with Gasteiger partial charge in [0.05, 0.1) is 24.7 Å². The molecule has 0 aliphatic carbocycles. The second-order valence-corrected chi connectivity index (χ2v) is 9.31. The van der Waals surface area contributed by atoms with Gasteiger partial charge in [-0.15, -0.1) is 0 Å². The maximum atomic E-state index is 12.5. The number of Topliss-reactive ketones (excluding diaryl/α,β-unsaturated/α-hetero) is 1. The molecule has 5 N–H and O–H groups in total. The Hall–Kier alpha value is -3.07. The van der Waals surface area contributed by atoms with Crippen molar-refractivity contribution in [3.63, 3.8) is 0 Å². The summed E-state index contributed by atoms with van der Waals surface area (Å²) in [5.74, 6) is -1.93. The summed E-state index contributed by atoms with van der Waals surface area (Å²) in [7, 11) is 0. The van der Waals surface area contributed by atoms with Crippen molar-refractivity contribution < 1.29 is 34.8 Å². The van der Waals surface area contributed by atoms with Gasteiger partial charge in [0.1, 0.15) is 0 Å². The van der Waals surface area contributed by atoms with E-state index in [4.69, 9.17) is 5.11 Å². The largest absolute Gasteiger partial charge is 0.481 e. The number of carbonyl (C=O) groups is 3. The number of aliphatic hydroxyl groups excluding tert-OH is 3. The van der Waals surface area contributed by atoms with Gasteiger partial charge in [-0.1, -0.05) is 57.2 Å². The highest BCUT2D eigenvalue weighted by atomic mass is 16.4. The maximum Gasteiger partial charge on any atom is 0.306 e. The quantitative estimate of drug-likeness (QED) is 0.182. The summed E-state index contributed by atoms with van der Waals surface area (Å²) < 4.78 is 0. The highest BCUT2D eigenvalue weighted by Crippen LogP contribution is 2.25. The van der Waals surface area contributed by atoms with Gasteiger partial charge in [-0.05, 0) is 42.5 Å². The number of carbonyl (C=O) groups excluding carboxylic acids is 2. The van der Waals surface area contributed by atoms with Crippen LogP contribution in [0.25, 0.3) is 0 Å². The molecule has 0 fully saturated rings. The molecule has 6 unspecified atom stereocenters. The molecule has 8 heteroatoms. The molecule has 0 aliphatic rings. The Kier molecular flexibility index (Phi) is 13.6. The Bertz CT molecular complexity index is 936. The minimum absolute atomic E-state index is 0.0294.